The number of carbonyl (C=O) groups is 2. The maximum atomic E-state index is 13.9. The van der Waals surface area contributed by atoms with E-state index in [0.717, 1.165) is 17.7 Å². The number of piperazine rings is 1. The van der Waals surface area contributed by atoms with Gasteiger partial charge in [-0.25, -0.2) is 14.2 Å². The molecule has 0 spiro atoms. The number of nitrogens with zero attached hydrogens (tertiary/aromatic N) is 5. The zero-order chi connectivity index (χ0) is 28.2. The van der Waals surface area contributed by atoms with Crippen LogP contribution in [0.5, 0.6) is 5.88 Å². The summed E-state index contributed by atoms with van der Waals surface area (Å²) in [5, 5.41) is 9.80. The van der Waals surface area contributed by atoms with Gasteiger partial charge in [0, 0.05) is 57.0 Å². The van der Waals surface area contributed by atoms with Gasteiger partial charge in [0.05, 0.1) is 26.4 Å². The molecular weight excluding hydrogens is 517 g/mol. The molecule has 40 heavy (non-hydrogen) atoms. The van der Waals surface area contributed by atoms with Crippen molar-refractivity contribution in [3.8, 4) is 5.88 Å². The Morgan fingerprint density at radius 2 is 1.85 bits per heavy atom. The predicted octanol–water partition coefficient (Wildman–Crippen LogP) is 2.70. The molecule has 1 unspecified atom stereocenters. The Morgan fingerprint density at radius 3 is 2.60 bits per heavy atom. The van der Waals surface area contributed by atoms with Crippen molar-refractivity contribution in [2.45, 2.75) is 44.8 Å². The molecule has 0 saturated carbocycles. The smallest absolute Gasteiger partial charge is 0.407 e. The normalized spacial score (nSPS) is 24.2. The summed E-state index contributed by atoms with van der Waals surface area (Å²) >= 11 is 0. The third-order valence-corrected chi connectivity index (χ3v) is 8.06. The zero-order valence-corrected chi connectivity index (χ0v) is 23.2. The van der Waals surface area contributed by atoms with E-state index >= 15 is 0 Å². The van der Waals surface area contributed by atoms with Crippen LogP contribution < -0.4 is 9.64 Å². The average molecular weight is 556 g/mol. The number of hydrogen-bond acceptors (Lipinski definition) is 7. The van der Waals surface area contributed by atoms with Crippen LogP contribution in [0.4, 0.5) is 14.9 Å². The van der Waals surface area contributed by atoms with Crippen molar-refractivity contribution in [1.82, 2.24) is 19.7 Å². The Morgan fingerprint density at radius 1 is 1.05 bits per heavy atom. The van der Waals surface area contributed by atoms with E-state index in [9.17, 15) is 19.1 Å². The van der Waals surface area contributed by atoms with Crippen LogP contribution in [0.25, 0.3) is 0 Å². The monoisotopic (exact) mass is 555 g/mol. The van der Waals surface area contributed by atoms with Crippen molar-refractivity contribution < 1.29 is 28.6 Å². The largest absolute Gasteiger partial charge is 0.476 e. The third-order valence-electron chi connectivity index (χ3n) is 8.06. The van der Waals surface area contributed by atoms with E-state index in [4.69, 9.17) is 9.47 Å². The molecule has 0 bridgehead atoms. The highest BCUT2D eigenvalue weighted by Crippen LogP contribution is 2.31. The molecule has 10 nitrogen and oxygen atoms in total. The molecule has 11 heteroatoms. The van der Waals surface area contributed by atoms with Crippen molar-refractivity contribution in [1.29, 1.82) is 0 Å². The highest BCUT2D eigenvalue weighted by Gasteiger charge is 2.38. The molecule has 2 aromatic rings. The first-order valence-electron chi connectivity index (χ1n) is 14.0. The van der Waals surface area contributed by atoms with Gasteiger partial charge in [0.1, 0.15) is 11.5 Å². The summed E-state index contributed by atoms with van der Waals surface area (Å²) in [6.45, 7) is 8.69. The minimum absolute atomic E-state index is 0.0662. The molecular formula is C29H38FN5O5. The number of amides is 2. The summed E-state index contributed by atoms with van der Waals surface area (Å²) in [7, 11) is 0. The van der Waals surface area contributed by atoms with Crippen LogP contribution in [0.1, 0.15) is 31.4 Å². The van der Waals surface area contributed by atoms with Crippen molar-refractivity contribution in [2.75, 3.05) is 64.0 Å². The number of carbonyl (C=O) groups excluding carboxylic acids is 1. The van der Waals surface area contributed by atoms with Crippen molar-refractivity contribution in [2.24, 2.45) is 0 Å². The van der Waals surface area contributed by atoms with Gasteiger partial charge in [-0.1, -0.05) is 12.1 Å². The molecule has 2 fully saturated rings. The van der Waals surface area contributed by atoms with Gasteiger partial charge in [-0.05, 0) is 56.0 Å². The molecule has 216 valence electrons. The quantitative estimate of drug-likeness (QED) is 0.581. The molecule has 0 aliphatic carbocycles. The van der Waals surface area contributed by atoms with E-state index in [-0.39, 0.29) is 36.4 Å². The maximum Gasteiger partial charge on any atom is 0.407 e. The number of morpholine rings is 1. The fourth-order valence-corrected chi connectivity index (χ4v) is 5.80. The Balaban J connectivity index is 1.35. The summed E-state index contributed by atoms with van der Waals surface area (Å²) in [6.07, 6.45) is 2.03. The SMILES string of the molecule is CC1COCCN1C[C@H]1CN(C(=O)O)[C@H](C)CN1CC(=O)N1CCCOc2ncc(Cc3ccc(F)cc3)cc21. The topological polar surface area (TPSA) is 98.7 Å². The number of benzene rings is 1. The molecule has 1 aromatic carbocycles. The fourth-order valence-electron chi connectivity index (χ4n) is 5.80. The lowest BCUT2D eigenvalue weighted by atomic mass is 10.1. The molecule has 0 radical (unpaired) electrons. The molecule has 1 aromatic heterocycles. The van der Waals surface area contributed by atoms with Gasteiger partial charge in [-0.15, -0.1) is 0 Å². The van der Waals surface area contributed by atoms with Gasteiger partial charge in [-0.3, -0.25) is 14.6 Å². The number of ether oxygens (including phenoxy) is 2. The van der Waals surface area contributed by atoms with Crippen LogP contribution in [-0.2, 0) is 16.0 Å². The number of halogens is 1. The van der Waals surface area contributed by atoms with Crippen LogP contribution in [-0.4, -0.2) is 114 Å². The highest BCUT2D eigenvalue weighted by atomic mass is 19.1. The van der Waals surface area contributed by atoms with Crippen LogP contribution >= 0.6 is 0 Å². The van der Waals surface area contributed by atoms with Gasteiger partial charge in [0.15, 0.2) is 0 Å². The molecule has 2 saturated heterocycles. The Labute approximate surface area is 234 Å². The van der Waals surface area contributed by atoms with Crippen LogP contribution in [0.2, 0.25) is 0 Å². The second-order valence-corrected chi connectivity index (χ2v) is 11.0. The van der Waals surface area contributed by atoms with Gasteiger partial charge in [0.25, 0.3) is 0 Å². The van der Waals surface area contributed by atoms with Gasteiger partial charge >= 0.3 is 6.09 Å². The lowest BCUT2D eigenvalue weighted by Crippen LogP contribution is -2.64. The number of pyridine rings is 1. The van der Waals surface area contributed by atoms with Crippen LogP contribution in [0.15, 0.2) is 36.5 Å². The van der Waals surface area contributed by atoms with Gasteiger partial charge in [-0.2, -0.15) is 0 Å². The number of anilines is 1. The van der Waals surface area contributed by atoms with Gasteiger partial charge in [0.2, 0.25) is 11.8 Å². The second-order valence-electron chi connectivity index (χ2n) is 11.0. The first-order valence-corrected chi connectivity index (χ1v) is 14.0. The standard InChI is InChI=1S/C29H38FN5O5/c1-20-15-33(25(17-35(20)29(37)38)16-32-9-11-39-19-21(32)2)18-27(36)34-8-3-10-40-28-26(34)13-23(14-31-28)12-22-4-6-24(30)7-5-22/h4-7,13-14,20-21,25H,3,8-12,15-19H2,1-2H3,(H,37,38)/t20-,21?,25+/m1/s1. The first-order chi connectivity index (χ1) is 19.3. The lowest BCUT2D eigenvalue weighted by molar-refractivity contribution is -0.121. The average Bonchev–Trinajstić information content (AvgIpc) is 3.14. The second kappa shape index (κ2) is 12.5. The Kier molecular flexibility index (Phi) is 8.82. The predicted molar refractivity (Wildman–Crippen MR) is 147 cm³/mol. The summed E-state index contributed by atoms with van der Waals surface area (Å²) in [6, 6.07) is 8.17. The van der Waals surface area contributed by atoms with Crippen LogP contribution in [0, 0.1) is 5.82 Å². The lowest BCUT2D eigenvalue weighted by Gasteiger charge is -2.47. The molecule has 2 amide bonds. The molecule has 5 rings (SSSR count). The van der Waals surface area contributed by atoms with E-state index in [1.807, 2.05) is 13.0 Å². The zero-order valence-electron chi connectivity index (χ0n) is 23.2. The highest BCUT2D eigenvalue weighted by molar-refractivity contribution is 5.96. The fraction of sp³-hybridized carbons (Fsp3) is 0.552. The minimum atomic E-state index is -0.933. The van der Waals surface area contributed by atoms with Crippen LogP contribution in [0.3, 0.4) is 0 Å². The number of carboxylic acid groups (broad SMARTS) is 1. The summed E-state index contributed by atoms with van der Waals surface area (Å²) in [5.74, 6) is 0.0776. The van der Waals surface area contributed by atoms with Crippen molar-refractivity contribution in [3.63, 3.8) is 0 Å². The van der Waals surface area contributed by atoms with Crippen molar-refractivity contribution >= 4 is 17.7 Å². The molecule has 4 heterocycles. The Bertz CT molecular complexity index is 1200. The number of hydrogen-bond donors (Lipinski definition) is 1. The van der Waals surface area contributed by atoms with E-state index in [2.05, 4.69) is 21.7 Å². The molecule has 3 aliphatic heterocycles. The first kappa shape index (κ1) is 28.3. The van der Waals surface area contributed by atoms with Gasteiger partial charge < -0.3 is 24.4 Å². The maximum absolute atomic E-state index is 13.9. The minimum Gasteiger partial charge on any atom is -0.476 e. The number of fused-ring (bicyclic) bond motifs is 1. The van der Waals surface area contributed by atoms with E-state index in [1.54, 1.807) is 23.2 Å². The number of aromatic nitrogens is 1. The molecule has 1 N–H and O–H groups in total. The molecule has 3 aliphatic rings. The Hall–Kier alpha value is -3.28. The third kappa shape index (κ3) is 6.54. The van der Waals surface area contributed by atoms with Crippen molar-refractivity contribution in [3.05, 3.63) is 53.5 Å². The van der Waals surface area contributed by atoms with E-state index < -0.39 is 6.09 Å². The van der Waals surface area contributed by atoms with E-state index in [0.29, 0.717) is 70.4 Å². The number of rotatable bonds is 6. The van der Waals surface area contributed by atoms with E-state index in [1.165, 1.54) is 17.0 Å². The molecule has 3 atom stereocenters. The summed E-state index contributed by atoms with van der Waals surface area (Å²) in [5.41, 5.74) is 2.48. The summed E-state index contributed by atoms with van der Waals surface area (Å²) in [4.78, 5) is 38.1. The summed E-state index contributed by atoms with van der Waals surface area (Å²) < 4.78 is 24.8.